The highest BCUT2D eigenvalue weighted by Crippen LogP contribution is 2.31. The van der Waals surface area contributed by atoms with Gasteiger partial charge in [0.25, 0.3) is 0 Å². The predicted molar refractivity (Wildman–Crippen MR) is 127 cm³/mol. The van der Waals surface area contributed by atoms with Gasteiger partial charge in [0, 0.05) is 43.3 Å². The monoisotopic (exact) mass is 484 g/mol. The van der Waals surface area contributed by atoms with Gasteiger partial charge in [-0.05, 0) is 38.1 Å². The van der Waals surface area contributed by atoms with Crippen molar-refractivity contribution in [3.05, 3.63) is 65.5 Å². The van der Waals surface area contributed by atoms with Crippen molar-refractivity contribution in [2.24, 2.45) is 0 Å². The molecule has 0 atom stereocenters. The number of aryl methyl sites for hydroxylation is 1. The second-order valence-electron chi connectivity index (χ2n) is 7.98. The average molecular weight is 485 g/mol. The Morgan fingerprint density at radius 3 is 2.56 bits per heavy atom. The van der Waals surface area contributed by atoms with Crippen molar-refractivity contribution in [2.75, 3.05) is 19.8 Å². The summed E-state index contributed by atoms with van der Waals surface area (Å²) < 4.78 is 40.7. The number of ether oxygens (including phenoxy) is 2. The molecule has 0 unspecified atom stereocenters. The van der Waals surface area contributed by atoms with E-state index in [9.17, 15) is 13.2 Å². The van der Waals surface area contributed by atoms with Gasteiger partial charge in [-0.2, -0.15) is 5.10 Å². The summed E-state index contributed by atoms with van der Waals surface area (Å²) in [6.45, 7) is 5.14. The van der Waals surface area contributed by atoms with Gasteiger partial charge in [0.1, 0.15) is 0 Å². The van der Waals surface area contributed by atoms with Gasteiger partial charge in [-0.25, -0.2) is 17.8 Å². The van der Waals surface area contributed by atoms with E-state index in [1.54, 1.807) is 6.07 Å². The lowest BCUT2D eigenvalue weighted by atomic mass is 10.2. The minimum Gasteiger partial charge on any atom is -0.490 e. The average Bonchev–Trinajstić information content (AvgIpc) is 2.98. The molecule has 1 aliphatic heterocycles. The molecule has 0 bridgehead atoms. The number of hydrogen-bond donors (Lipinski definition) is 2. The van der Waals surface area contributed by atoms with Crippen LogP contribution in [0.5, 0.6) is 11.5 Å². The summed E-state index contributed by atoms with van der Waals surface area (Å²) in [7, 11) is -3.79. The van der Waals surface area contributed by atoms with E-state index in [-0.39, 0.29) is 23.8 Å². The van der Waals surface area contributed by atoms with Crippen molar-refractivity contribution in [3.8, 4) is 17.2 Å². The van der Waals surface area contributed by atoms with Gasteiger partial charge in [0.05, 0.1) is 29.5 Å². The van der Waals surface area contributed by atoms with Gasteiger partial charge in [-0.15, -0.1) is 0 Å². The van der Waals surface area contributed by atoms with Gasteiger partial charge in [0.2, 0.25) is 15.9 Å². The zero-order chi connectivity index (χ0) is 24.1. The molecule has 4 rings (SSSR count). The lowest BCUT2D eigenvalue weighted by Gasteiger charge is -2.11. The molecule has 180 valence electrons. The number of amides is 1. The standard InChI is InChI=1S/C24H28N4O5S/c1-17-21(18(2)28(27-17)19-7-4-3-5-8-19)16-25-24(29)11-12-26-34(30,31)20-9-10-22-23(15-20)33-14-6-13-32-22/h3-5,7-10,15,26H,6,11-14,16H2,1-2H3,(H,25,29). The summed E-state index contributed by atoms with van der Waals surface area (Å²) in [5.41, 5.74) is 3.66. The van der Waals surface area contributed by atoms with Crippen LogP contribution in [0.4, 0.5) is 0 Å². The Morgan fingerprint density at radius 2 is 1.79 bits per heavy atom. The van der Waals surface area contributed by atoms with Crippen LogP contribution < -0.4 is 19.5 Å². The normalized spacial score (nSPS) is 13.4. The summed E-state index contributed by atoms with van der Waals surface area (Å²) in [6, 6.07) is 14.3. The van der Waals surface area contributed by atoms with Crippen molar-refractivity contribution in [1.82, 2.24) is 19.8 Å². The fraction of sp³-hybridized carbons (Fsp3) is 0.333. The number of carbonyl (C=O) groups excluding carboxylic acids is 1. The summed E-state index contributed by atoms with van der Waals surface area (Å²) in [6.07, 6.45) is 0.741. The van der Waals surface area contributed by atoms with Crippen molar-refractivity contribution in [1.29, 1.82) is 0 Å². The third-order valence-corrected chi connectivity index (χ3v) is 7.04. The fourth-order valence-electron chi connectivity index (χ4n) is 3.72. The van der Waals surface area contributed by atoms with E-state index >= 15 is 0 Å². The van der Waals surface area contributed by atoms with Crippen LogP contribution in [0.3, 0.4) is 0 Å². The molecule has 1 aliphatic rings. The van der Waals surface area contributed by atoms with Crippen molar-refractivity contribution in [3.63, 3.8) is 0 Å². The SMILES string of the molecule is Cc1nn(-c2ccccc2)c(C)c1CNC(=O)CCNS(=O)(=O)c1ccc2c(c1)OCCCO2. The second kappa shape index (κ2) is 10.3. The molecule has 0 fully saturated rings. The van der Waals surface area contributed by atoms with Gasteiger partial charge in [-0.3, -0.25) is 4.79 Å². The van der Waals surface area contributed by atoms with E-state index < -0.39 is 10.0 Å². The second-order valence-corrected chi connectivity index (χ2v) is 9.75. The zero-order valence-electron chi connectivity index (χ0n) is 19.2. The first-order valence-corrected chi connectivity index (χ1v) is 12.6. The quantitative estimate of drug-likeness (QED) is 0.509. The highest BCUT2D eigenvalue weighted by molar-refractivity contribution is 7.89. The summed E-state index contributed by atoms with van der Waals surface area (Å²) in [4.78, 5) is 12.4. The number of nitrogens with zero attached hydrogens (tertiary/aromatic N) is 2. The van der Waals surface area contributed by atoms with Gasteiger partial charge in [0.15, 0.2) is 11.5 Å². The molecular formula is C24H28N4O5S. The van der Waals surface area contributed by atoms with Gasteiger partial charge < -0.3 is 14.8 Å². The first-order chi connectivity index (χ1) is 16.3. The summed E-state index contributed by atoms with van der Waals surface area (Å²) in [5, 5.41) is 7.43. The molecule has 0 aliphatic carbocycles. The maximum atomic E-state index is 12.6. The maximum Gasteiger partial charge on any atom is 0.240 e. The number of benzene rings is 2. The number of hydrogen-bond acceptors (Lipinski definition) is 6. The van der Waals surface area contributed by atoms with Crippen LogP contribution in [0.15, 0.2) is 53.4 Å². The van der Waals surface area contributed by atoms with Crippen LogP contribution in [0, 0.1) is 13.8 Å². The van der Waals surface area contributed by atoms with Crippen molar-refractivity contribution >= 4 is 15.9 Å². The molecule has 0 saturated heterocycles. The number of fused-ring (bicyclic) bond motifs is 1. The molecular weight excluding hydrogens is 456 g/mol. The Kier molecular flexibility index (Phi) is 7.18. The molecule has 10 heteroatoms. The number of aromatic nitrogens is 2. The van der Waals surface area contributed by atoms with E-state index in [1.807, 2.05) is 48.9 Å². The largest absolute Gasteiger partial charge is 0.490 e. The minimum atomic E-state index is -3.79. The predicted octanol–water partition coefficient (Wildman–Crippen LogP) is 2.64. The Balaban J connectivity index is 1.31. The lowest BCUT2D eigenvalue weighted by molar-refractivity contribution is -0.121. The van der Waals surface area contributed by atoms with Crippen LogP contribution in [0.25, 0.3) is 5.69 Å². The molecule has 34 heavy (non-hydrogen) atoms. The zero-order valence-corrected chi connectivity index (χ0v) is 20.0. The maximum absolute atomic E-state index is 12.6. The molecule has 2 heterocycles. The molecule has 1 aromatic heterocycles. The first-order valence-electron chi connectivity index (χ1n) is 11.1. The lowest BCUT2D eigenvalue weighted by Crippen LogP contribution is -2.30. The number of rotatable bonds is 8. The van der Waals surface area contributed by atoms with Crippen LogP contribution >= 0.6 is 0 Å². The fourth-order valence-corrected chi connectivity index (χ4v) is 4.77. The topological polar surface area (TPSA) is 112 Å². The van der Waals surface area contributed by atoms with Crippen LogP contribution in [-0.2, 0) is 21.4 Å². The molecule has 0 radical (unpaired) electrons. The van der Waals surface area contributed by atoms with Crippen LogP contribution in [0.1, 0.15) is 29.8 Å². The Hall–Kier alpha value is -3.37. The van der Waals surface area contributed by atoms with Crippen LogP contribution in [-0.4, -0.2) is 43.9 Å². The Labute approximate surface area is 199 Å². The summed E-state index contributed by atoms with van der Waals surface area (Å²) in [5.74, 6) is 0.671. The summed E-state index contributed by atoms with van der Waals surface area (Å²) >= 11 is 0. The van der Waals surface area contributed by atoms with Crippen molar-refractivity contribution in [2.45, 2.75) is 38.1 Å². The highest BCUT2D eigenvalue weighted by atomic mass is 32.2. The van der Waals surface area contributed by atoms with Gasteiger partial charge in [-0.1, -0.05) is 18.2 Å². The van der Waals surface area contributed by atoms with E-state index in [0.717, 1.165) is 29.1 Å². The Bertz CT molecular complexity index is 1270. The van der Waals surface area contributed by atoms with Gasteiger partial charge >= 0.3 is 0 Å². The van der Waals surface area contributed by atoms with E-state index in [4.69, 9.17) is 9.47 Å². The third kappa shape index (κ3) is 5.40. The third-order valence-electron chi connectivity index (χ3n) is 5.58. The van der Waals surface area contributed by atoms with E-state index in [2.05, 4.69) is 15.1 Å². The Morgan fingerprint density at radius 1 is 1.06 bits per heavy atom. The molecule has 0 spiro atoms. The highest BCUT2D eigenvalue weighted by Gasteiger charge is 2.19. The molecule has 3 aromatic rings. The van der Waals surface area contributed by atoms with Crippen molar-refractivity contribution < 1.29 is 22.7 Å². The number of para-hydroxylation sites is 1. The number of nitrogens with one attached hydrogen (secondary N) is 2. The smallest absolute Gasteiger partial charge is 0.240 e. The molecule has 2 N–H and O–H groups in total. The van der Waals surface area contributed by atoms with E-state index in [0.29, 0.717) is 31.3 Å². The molecule has 1 amide bonds. The molecule has 0 saturated carbocycles. The number of carbonyl (C=O) groups is 1. The number of sulfonamides is 1. The minimum absolute atomic E-state index is 0.00863. The molecule has 9 nitrogen and oxygen atoms in total. The first kappa shape index (κ1) is 23.8. The van der Waals surface area contributed by atoms with E-state index in [1.165, 1.54) is 12.1 Å². The molecule has 2 aromatic carbocycles. The van der Waals surface area contributed by atoms with Crippen LogP contribution in [0.2, 0.25) is 0 Å².